The van der Waals surface area contributed by atoms with Crippen molar-refractivity contribution in [3.8, 4) is 6.07 Å². The van der Waals surface area contributed by atoms with E-state index >= 15 is 0 Å². The van der Waals surface area contributed by atoms with Crippen LogP contribution in [0.3, 0.4) is 0 Å². The Morgan fingerprint density at radius 2 is 2.21 bits per heavy atom. The van der Waals surface area contributed by atoms with Crippen LogP contribution in [0.2, 0.25) is 0 Å². The predicted molar refractivity (Wildman–Crippen MR) is 46.8 cm³/mol. The quantitative estimate of drug-likeness (QED) is 0.448. The molecular weight excluding hydrogens is 208 g/mol. The lowest BCUT2D eigenvalue weighted by Gasteiger charge is -1.97. The summed E-state index contributed by atoms with van der Waals surface area (Å²) in [5.41, 5.74) is -0.448. The lowest BCUT2D eigenvalue weighted by atomic mass is 10.2. The highest BCUT2D eigenvalue weighted by Gasteiger charge is 2.18. The number of hydrogen-bond donors (Lipinski definition) is 1. The van der Waals surface area contributed by atoms with Crippen molar-refractivity contribution >= 4 is 16.8 Å². The zero-order chi connectivity index (χ0) is 10.7. The molecule has 1 unspecified atom stereocenters. The molecule has 0 aromatic heterocycles. The smallest absolute Gasteiger partial charge is 0.289 e. The van der Waals surface area contributed by atoms with Crippen LogP contribution in [-0.2, 0) is 11.1 Å². The average Bonchev–Trinajstić information content (AvgIpc) is 2.16. The second-order valence-corrected chi connectivity index (χ2v) is 3.24. The summed E-state index contributed by atoms with van der Waals surface area (Å²) in [5.74, 6) is 0. The first kappa shape index (κ1) is 10.3. The van der Waals surface area contributed by atoms with E-state index in [4.69, 9.17) is 9.81 Å². The molecule has 6 nitrogen and oxygen atoms in total. The van der Waals surface area contributed by atoms with Gasteiger partial charge in [-0.15, -0.1) is 0 Å². The summed E-state index contributed by atoms with van der Waals surface area (Å²) >= 11 is -2.42. The average molecular weight is 212 g/mol. The Bertz CT molecular complexity index is 451. The molecule has 0 fully saturated rings. The highest BCUT2D eigenvalue weighted by molar-refractivity contribution is 7.79. The highest BCUT2D eigenvalue weighted by atomic mass is 32.2. The van der Waals surface area contributed by atoms with Crippen molar-refractivity contribution in [2.75, 3.05) is 0 Å². The number of nitro groups is 1. The maximum absolute atomic E-state index is 10.6. The minimum atomic E-state index is -2.42. The van der Waals surface area contributed by atoms with Gasteiger partial charge < -0.3 is 4.55 Å². The first-order valence-corrected chi connectivity index (χ1v) is 4.46. The fourth-order valence-corrected chi connectivity index (χ4v) is 1.37. The lowest BCUT2D eigenvalue weighted by Crippen LogP contribution is -1.97. The highest BCUT2D eigenvalue weighted by Crippen LogP contribution is 2.22. The summed E-state index contributed by atoms with van der Waals surface area (Å²) in [6.45, 7) is 0. The van der Waals surface area contributed by atoms with Crippen molar-refractivity contribution < 1.29 is 13.7 Å². The van der Waals surface area contributed by atoms with Gasteiger partial charge in [-0.25, -0.2) is 4.21 Å². The molecule has 0 heterocycles. The van der Waals surface area contributed by atoms with E-state index in [-0.39, 0.29) is 10.5 Å². The van der Waals surface area contributed by atoms with Gasteiger partial charge in [-0.1, -0.05) is 0 Å². The van der Waals surface area contributed by atoms with Gasteiger partial charge >= 0.3 is 0 Å². The Morgan fingerprint density at radius 1 is 1.57 bits per heavy atom. The van der Waals surface area contributed by atoms with Gasteiger partial charge in [-0.05, 0) is 12.1 Å². The molecule has 0 aliphatic carbocycles. The van der Waals surface area contributed by atoms with Crippen LogP contribution >= 0.6 is 0 Å². The molecule has 1 N–H and O–H groups in total. The molecule has 1 aromatic carbocycles. The van der Waals surface area contributed by atoms with Crippen molar-refractivity contribution in [3.63, 3.8) is 0 Å². The van der Waals surface area contributed by atoms with Gasteiger partial charge in [0, 0.05) is 6.07 Å². The Balaban J connectivity index is 3.40. The molecule has 0 amide bonds. The van der Waals surface area contributed by atoms with E-state index in [9.17, 15) is 14.3 Å². The third-order valence-corrected chi connectivity index (χ3v) is 2.19. The molecule has 0 aliphatic heterocycles. The number of hydrogen-bond acceptors (Lipinski definition) is 4. The Morgan fingerprint density at radius 3 is 2.64 bits per heavy atom. The normalized spacial score (nSPS) is 11.7. The molecule has 7 heteroatoms. The standard InChI is InChI=1S/C7H4N2O4S/c8-4-5-1-2-7(14(12)13)6(3-5)9(10)11/h1-3H,(H,12,13). The Hall–Kier alpha value is -1.78. The van der Waals surface area contributed by atoms with E-state index in [2.05, 4.69) is 0 Å². The summed E-state index contributed by atoms with van der Waals surface area (Å²) < 4.78 is 19.4. The third kappa shape index (κ3) is 1.93. The summed E-state index contributed by atoms with van der Waals surface area (Å²) in [6.07, 6.45) is 0. The van der Waals surface area contributed by atoms with Gasteiger partial charge in [0.05, 0.1) is 16.6 Å². The molecule has 0 aliphatic rings. The molecule has 0 saturated carbocycles. The van der Waals surface area contributed by atoms with Crippen LogP contribution < -0.4 is 0 Å². The summed E-state index contributed by atoms with van der Waals surface area (Å²) in [7, 11) is 0. The van der Waals surface area contributed by atoms with Crippen molar-refractivity contribution in [1.29, 1.82) is 5.26 Å². The Labute approximate surface area is 81.2 Å². The van der Waals surface area contributed by atoms with Gasteiger partial charge in [0.15, 0.2) is 11.1 Å². The second kappa shape index (κ2) is 3.95. The first-order valence-electron chi connectivity index (χ1n) is 3.35. The van der Waals surface area contributed by atoms with Gasteiger partial charge in [-0.2, -0.15) is 5.26 Å². The van der Waals surface area contributed by atoms with Crippen LogP contribution in [0.15, 0.2) is 23.1 Å². The van der Waals surface area contributed by atoms with E-state index in [1.807, 2.05) is 0 Å². The van der Waals surface area contributed by atoms with Crippen LogP contribution in [0.4, 0.5) is 5.69 Å². The molecular formula is C7H4N2O4S. The number of nitro benzene ring substituents is 1. The van der Waals surface area contributed by atoms with Gasteiger partial charge in [0.25, 0.3) is 5.69 Å². The van der Waals surface area contributed by atoms with E-state index in [0.717, 1.165) is 12.1 Å². The summed E-state index contributed by atoms with van der Waals surface area (Å²) in [5, 5.41) is 18.9. The third-order valence-electron chi connectivity index (χ3n) is 1.47. The molecule has 1 rings (SSSR count). The largest absolute Gasteiger partial charge is 0.302 e. The molecule has 14 heavy (non-hydrogen) atoms. The topological polar surface area (TPSA) is 104 Å². The molecule has 1 atom stereocenters. The van der Waals surface area contributed by atoms with Gasteiger partial charge in [0.1, 0.15) is 4.90 Å². The van der Waals surface area contributed by atoms with E-state index in [1.54, 1.807) is 6.07 Å². The Kier molecular flexibility index (Phi) is 2.91. The fraction of sp³-hybridized carbons (Fsp3) is 0. The molecule has 0 bridgehead atoms. The maximum atomic E-state index is 10.6. The van der Waals surface area contributed by atoms with Crippen molar-refractivity contribution in [2.45, 2.75) is 4.90 Å². The van der Waals surface area contributed by atoms with Crippen molar-refractivity contribution in [3.05, 3.63) is 33.9 Å². The minimum Gasteiger partial charge on any atom is -0.302 e. The number of nitriles is 1. The molecule has 0 radical (unpaired) electrons. The monoisotopic (exact) mass is 212 g/mol. The molecule has 0 spiro atoms. The fourth-order valence-electron chi connectivity index (χ4n) is 0.877. The number of rotatable bonds is 2. The van der Waals surface area contributed by atoms with E-state index in [1.165, 1.54) is 6.07 Å². The SMILES string of the molecule is N#Cc1ccc(S(=O)O)c([N+](=O)[O-])c1. The van der Waals surface area contributed by atoms with Crippen molar-refractivity contribution in [2.24, 2.45) is 0 Å². The van der Waals surface area contributed by atoms with Crippen molar-refractivity contribution in [1.82, 2.24) is 0 Å². The summed E-state index contributed by atoms with van der Waals surface area (Å²) in [4.78, 5) is 9.33. The molecule has 72 valence electrons. The van der Waals surface area contributed by atoms with Gasteiger partial charge in [-0.3, -0.25) is 10.1 Å². The zero-order valence-corrected chi connectivity index (χ0v) is 7.52. The predicted octanol–water partition coefficient (Wildman–Crippen LogP) is 1.05. The van der Waals surface area contributed by atoms with Crippen LogP contribution in [0, 0.1) is 21.4 Å². The molecule has 1 aromatic rings. The maximum Gasteiger partial charge on any atom is 0.289 e. The van der Waals surface area contributed by atoms with E-state index in [0.29, 0.717) is 0 Å². The lowest BCUT2D eigenvalue weighted by molar-refractivity contribution is -0.387. The first-order chi connectivity index (χ1) is 6.56. The zero-order valence-electron chi connectivity index (χ0n) is 6.71. The molecule has 0 saturated heterocycles. The minimum absolute atomic E-state index is 0.0749. The number of benzene rings is 1. The van der Waals surface area contributed by atoms with Crippen LogP contribution in [0.1, 0.15) is 5.56 Å². The van der Waals surface area contributed by atoms with E-state index < -0.39 is 21.7 Å². The summed E-state index contributed by atoms with van der Waals surface area (Å²) in [6, 6.07) is 5.00. The van der Waals surface area contributed by atoms with Gasteiger partial charge in [0.2, 0.25) is 0 Å². The van der Waals surface area contributed by atoms with Crippen LogP contribution in [0.25, 0.3) is 0 Å². The second-order valence-electron chi connectivity index (χ2n) is 2.30. The number of nitrogens with zero attached hydrogens (tertiary/aromatic N) is 2. The van der Waals surface area contributed by atoms with Crippen LogP contribution in [-0.4, -0.2) is 13.7 Å². The van der Waals surface area contributed by atoms with Crippen LogP contribution in [0.5, 0.6) is 0 Å².